The predicted molar refractivity (Wildman–Crippen MR) is 141 cm³/mol. The normalized spacial score (nSPS) is 18.1. The van der Waals surface area contributed by atoms with E-state index in [9.17, 15) is 14.4 Å². The molecule has 2 aliphatic rings. The summed E-state index contributed by atoms with van der Waals surface area (Å²) < 4.78 is 12.7. The number of methoxy groups -OCH3 is 1. The van der Waals surface area contributed by atoms with Crippen LogP contribution in [0.1, 0.15) is 44.9 Å². The quantitative estimate of drug-likeness (QED) is 0.486. The third-order valence-corrected chi connectivity index (χ3v) is 7.51. The highest BCUT2D eigenvalue weighted by atomic mass is 32.1. The van der Waals surface area contributed by atoms with Gasteiger partial charge in [-0.05, 0) is 51.5 Å². The molecule has 0 saturated heterocycles. The SMILES string of the molecule is CCN1C(=O)/C(=c2\sc3n(c2=O)[C@@H](c2ccc(OC)cc2)C(C(=O)OC(C)C)=C(C)N=3)c2ccccc21. The lowest BCUT2D eigenvalue weighted by atomic mass is 9.95. The van der Waals surface area contributed by atoms with Crippen LogP contribution in [-0.4, -0.2) is 36.2 Å². The van der Waals surface area contributed by atoms with Crippen LogP contribution in [0.2, 0.25) is 0 Å². The molecule has 0 spiro atoms. The van der Waals surface area contributed by atoms with Crippen molar-refractivity contribution in [1.29, 1.82) is 0 Å². The van der Waals surface area contributed by atoms with Crippen LogP contribution in [0, 0.1) is 0 Å². The van der Waals surface area contributed by atoms with Gasteiger partial charge in [-0.1, -0.05) is 41.7 Å². The van der Waals surface area contributed by atoms with Crippen molar-refractivity contribution in [3.8, 4) is 5.75 Å². The van der Waals surface area contributed by atoms with Crippen molar-refractivity contribution >= 4 is 34.5 Å². The van der Waals surface area contributed by atoms with E-state index in [2.05, 4.69) is 4.99 Å². The van der Waals surface area contributed by atoms with Crippen molar-refractivity contribution in [2.75, 3.05) is 18.6 Å². The monoisotopic (exact) mass is 517 g/mol. The van der Waals surface area contributed by atoms with E-state index < -0.39 is 12.0 Å². The first kappa shape index (κ1) is 24.7. The van der Waals surface area contributed by atoms with Crippen molar-refractivity contribution in [2.45, 2.75) is 39.8 Å². The smallest absolute Gasteiger partial charge is 0.338 e. The first-order valence-corrected chi connectivity index (χ1v) is 12.9. The van der Waals surface area contributed by atoms with Crippen molar-refractivity contribution in [3.63, 3.8) is 0 Å². The van der Waals surface area contributed by atoms with Crippen molar-refractivity contribution < 1.29 is 19.1 Å². The van der Waals surface area contributed by atoms with Gasteiger partial charge in [0.2, 0.25) is 0 Å². The number of aromatic nitrogens is 1. The van der Waals surface area contributed by atoms with Gasteiger partial charge in [0.05, 0.1) is 41.8 Å². The maximum absolute atomic E-state index is 14.1. The number of allylic oxidation sites excluding steroid dienone is 1. The van der Waals surface area contributed by atoms with Crippen LogP contribution in [-0.2, 0) is 14.3 Å². The minimum absolute atomic E-state index is 0.217. The first-order valence-electron chi connectivity index (χ1n) is 12.1. The lowest BCUT2D eigenvalue weighted by molar-refractivity contribution is -0.143. The van der Waals surface area contributed by atoms with Gasteiger partial charge < -0.3 is 14.4 Å². The van der Waals surface area contributed by atoms with Crippen molar-refractivity contribution in [1.82, 2.24) is 4.57 Å². The highest BCUT2D eigenvalue weighted by Crippen LogP contribution is 2.35. The number of carbonyl (C=O) groups is 2. The van der Waals surface area contributed by atoms with E-state index in [1.807, 2.05) is 43.3 Å². The molecule has 37 heavy (non-hydrogen) atoms. The molecule has 8 nitrogen and oxygen atoms in total. The van der Waals surface area contributed by atoms with Crippen LogP contribution >= 0.6 is 11.3 Å². The largest absolute Gasteiger partial charge is 0.497 e. The number of benzene rings is 2. The van der Waals surface area contributed by atoms with Crippen molar-refractivity contribution in [3.05, 3.63) is 90.6 Å². The molecular formula is C28H27N3O5S. The number of carbonyl (C=O) groups excluding carboxylic acids is 2. The summed E-state index contributed by atoms with van der Waals surface area (Å²) in [6.45, 7) is 7.67. The van der Waals surface area contributed by atoms with Crippen LogP contribution in [0.4, 0.5) is 5.69 Å². The van der Waals surface area contributed by atoms with Gasteiger partial charge in [0.15, 0.2) is 4.80 Å². The summed E-state index contributed by atoms with van der Waals surface area (Å²) in [7, 11) is 1.57. The lowest BCUT2D eigenvalue weighted by Gasteiger charge is -2.25. The molecule has 2 aromatic carbocycles. The number of nitrogens with zero attached hydrogens (tertiary/aromatic N) is 3. The summed E-state index contributed by atoms with van der Waals surface area (Å²) in [6, 6.07) is 13.9. The Balaban J connectivity index is 1.80. The minimum Gasteiger partial charge on any atom is -0.497 e. The zero-order chi connectivity index (χ0) is 26.4. The lowest BCUT2D eigenvalue weighted by Crippen LogP contribution is -2.41. The number of hydrogen-bond acceptors (Lipinski definition) is 7. The fourth-order valence-corrected chi connectivity index (χ4v) is 5.96. The number of amides is 1. The first-order chi connectivity index (χ1) is 17.8. The Morgan fingerprint density at radius 3 is 2.46 bits per heavy atom. The summed E-state index contributed by atoms with van der Waals surface area (Å²) in [4.78, 5) is 47.5. The number of para-hydroxylation sites is 1. The maximum atomic E-state index is 14.1. The van der Waals surface area contributed by atoms with E-state index in [-0.39, 0.29) is 23.1 Å². The number of likely N-dealkylation sites (N-methyl/N-ethyl adjacent to an activating group) is 1. The van der Waals surface area contributed by atoms with Gasteiger partial charge in [0.25, 0.3) is 11.5 Å². The van der Waals surface area contributed by atoms with Crippen LogP contribution in [0.5, 0.6) is 5.75 Å². The number of anilines is 1. The standard InChI is InChI=1S/C28H27N3O5S/c1-6-30-20-10-8-7-9-19(20)22(25(30)32)24-26(33)31-23(17-11-13-18(35-5)14-12-17)21(27(34)36-15(2)3)16(4)29-28(31)37-24/h7-15,23H,6H2,1-5H3/b24-22-/t23-/m0/s1. The molecular weight excluding hydrogens is 490 g/mol. The molecule has 2 aliphatic heterocycles. The number of fused-ring (bicyclic) bond motifs is 2. The van der Waals surface area contributed by atoms with Gasteiger partial charge in [-0.25, -0.2) is 9.79 Å². The molecule has 1 amide bonds. The summed E-state index contributed by atoms with van der Waals surface area (Å²) >= 11 is 1.16. The molecule has 190 valence electrons. The van der Waals surface area contributed by atoms with Gasteiger partial charge in [-0.15, -0.1) is 0 Å². The maximum Gasteiger partial charge on any atom is 0.338 e. The molecule has 1 aromatic heterocycles. The van der Waals surface area contributed by atoms with E-state index >= 15 is 0 Å². The summed E-state index contributed by atoms with van der Waals surface area (Å²) in [5.41, 5.74) is 2.95. The Hall–Kier alpha value is -3.98. The molecule has 0 N–H and O–H groups in total. The molecule has 5 rings (SSSR count). The third kappa shape index (κ3) is 3.99. The molecule has 3 heterocycles. The highest BCUT2D eigenvalue weighted by Gasteiger charge is 2.37. The molecule has 0 bridgehead atoms. The zero-order valence-electron chi connectivity index (χ0n) is 21.3. The summed E-state index contributed by atoms with van der Waals surface area (Å²) in [6.07, 6.45) is -0.344. The molecule has 0 aliphatic carbocycles. The number of ether oxygens (including phenoxy) is 2. The van der Waals surface area contributed by atoms with E-state index in [0.717, 1.165) is 22.6 Å². The second-order valence-electron chi connectivity index (χ2n) is 9.07. The Kier molecular flexibility index (Phi) is 6.33. The van der Waals surface area contributed by atoms with Gasteiger partial charge in [-0.2, -0.15) is 0 Å². The van der Waals surface area contributed by atoms with Crippen LogP contribution in [0.3, 0.4) is 0 Å². The zero-order valence-corrected chi connectivity index (χ0v) is 22.1. The van der Waals surface area contributed by atoms with Gasteiger partial charge >= 0.3 is 5.97 Å². The Labute approximate surface area is 217 Å². The number of hydrogen-bond donors (Lipinski definition) is 0. The van der Waals surface area contributed by atoms with Gasteiger partial charge in [-0.3, -0.25) is 14.2 Å². The average Bonchev–Trinajstić information content (AvgIpc) is 3.34. The number of rotatable bonds is 5. The summed E-state index contributed by atoms with van der Waals surface area (Å²) in [5.74, 6) is -0.0993. The molecule has 0 saturated carbocycles. The number of esters is 1. The second-order valence-corrected chi connectivity index (χ2v) is 10.0. The highest BCUT2D eigenvalue weighted by molar-refractivity contribution is 7.07. The molecule has 1 atom stereocenters. The summed E-state index contributed by atoms with van der Waals surface area (Å²) in [5, 5.41) is 0. The fraction of sp³-hybridized carbons (Fsp3) is 0.286. The van der Waals surface area contributed by atoms with E-state index in [1.165, 1.54) is 4.57 Å². The van der Waals surface area contributed by atoms with E-state index in [4.69, 9.17) is 9.47 Å². The van der Waals surface area contributed by atoms with E-state index in [0.29, 0.717) is 38.5 Å². The van der Waals surface area contributed by atoms with Crippen LogP contribution in [0.15, 0.2) is 69.6 Å². The second kappa shape index (κ2) is 9.48. The predicted octanol–water partition coefficient (Wildman–Crippen LogP) is 2.93. The molecule has 0 unspecified atom stereocenters. The van der Waals surface area contributed by atoms with Crippen LogP contribution < -0.4 is 24.5 Å². The molecule has 9 heteroatoms. The number of thiazole rings is 1. The Morgan fingerprint density at radius 1 is 1.11 bits per heavy atom. The van der Waals surface area contributed by atoms with Gasteiger partial charge in [0, 0.05) is 12.1 Å². The average molecular weight is 518 g/mol. The minimum atomic E-state index is -0.767. The molecule has 0 fully saturated rings. The van der Waals surface area contributed by atoms with Gasteiger partial charge in [0.1, 0.15) is 10.3 Å². The Bertz CT molecular complexity index is 1630. The fourth-order valence-electron chi connectivity index (χ4n) is 4.83. The Morgan fingerprint density at radius 2 is 1.81 bits per heavy atom. The van der Waals surface area contributed by atoms with Crippen molar-refractivity contribution in [2.24, 2.45) is 4.99 Å². The van der Waals surface area contributed by atoms with E-state index in [1.54, 1.807) is 44.9 Å². The third-order valence-electron chi connectivity index (χ3n) is 6.46. The molecule has 0 radical (unpaired) electrons. The van der Waals surface area contributed by atoms with Crippen LogP contribution in [0.25, 0.3) is 5.57 Å². The molecule has 3 aromatic rings. The topological polar surface area (TPSA) is 90.2 Å².